The van der Waals surface area contributed by atoms with Crippen molar-refractivity contribution >= 4 is 96.0 Å². The summed E-state index contributed by atoms with van der Waals surface area (Å²) < 4.78 is 4.46. The van der Waals surface area contributed by atoms with E-state index in [2.05, 4.69) is 100 Å². The van der Waals surface area contributed by atoms with Crippen LogP contribution in [0.5, 0.6) is 0 Å². The van der Waals surface area contributed by atoms with Gasteiger partial charge in [-0.05, 0) is 45.8 Å². The van der Waals surface area contributed by atoms with Crippen molar-refractivity contribution in [1.82, 2.24) is 0 Å². The van der Waals surface area contributed by atoms with E-state index in [9.17, 15) is 0 Å². The van der Waals surface area contributed by atoms with Crippen molar-refractivity contribution in [3.05, 3.63) is 54.3 Å². The Morgan fingerprint density at radius 3 is 1.25 bits per heavy atom. The number of benzene rings is 4. The predicted molar refractivity (Wildman–Crippen MR) is 101 cm³/mol. The van der Waals surface area contributed by atoms with Gasteiger partial charge in [-0.25, -0.2) is 0 Å². The molecule has 0 aliphatic rings. The highest BCUT2D eigenvalue weighted by molar-refractivity contribution is 9.11. The van der Waals surface area contributed by atoms with E-state index in [0.29, 0.717) is 0 Å². The zero-order valence-electron chi connectivity index (χ0n) is 9.98. The van der Waals surface area contributed by atoms with E-state index in [1.807, 2.05) is 0 Å². The molecule has 0 nitrogen and oxygen atoms in total. The van der Waals surface area contributed by atoms with Gasteiger partial charge in [0.2, 0.25) is 0 Å². The minimum Gasteiger partial charge on any atom is -0.0532 e. The van der Waals surface area contributed by atoms with E-state index in [0.717, 1.165) is 17.9 Å². The van der Waals surface area contributed by atoms with E-state index in [4.69, 9.17) is 0 Å². The SMILES string of the molecule is Brc1ccc2cc(Br)c3c(Br)ccc4cc(Br)c1c2c43. The minimum atomic E-state index is 1.11. The van der Waals surface area contributed by atoms with Gasteiger partial charge < -0.3 is 0 Å². The molecule has 0 spiro atoms. The summed E-state index contributed by atoms with van der Waals surface area (Å²) in [5.74, 6) is 0. The molecule has 0 bridgehead atoms. The number of rotatable bonds is 0. The van der Waals surface area contributed by atoms with Gasteiger partial charge in [0.05, 0.1) is 0 Å². The summed E-state index contributed by atoms with van der Waals surface area (Å²) in [7, 11) is 0. The Morgan fingerprint density at radius 2 is 0.850 bits per heavy atom. The molecule has 0 aliphatic heterocycles. The van der Waals surface area contributed by atoms with Gasteiger partial charge in [-0.15, -0.1) is 0 Å². The molecule has 4 rings (SSSR count). The molecule has 0 aliphatic carbocycles. The molecule has 0 unspecified atom stereocenters. The van der Waals surface area contributed by atoms with Gasteiger partial charge in [-0.1, -0.05) is 75.9 Å². The predicted octanol–water partition coefficient (Wildman–Crippen LogP) is 7.63. The number of halogens is 4. The quantitative estimate of drug-likeness (QED) is 0.210. The van der Waals surface area contributed by atoms with Crippen LogP contribution in [0.1, 0.15) is 0 Å². The van der Waals surface area contributed by atoms with Crippen LogP contribution in [0.15, 0.2) is 54.3 Å². The molecule has 0 amide bonds. The molecule has 0 aromatic heterocycles. The first-order valence-corrected chi connectivity index (χ1v) is 9.15. The fourth-order valence-corrected chi connectivity index (χ4v) is 5.79. The van der Waals surface area contributed by atoms with Gasteiger partial charge in [-0.3, -0.25) is 0 Å². The maximum atomic E-state index is 3.71. The maximum Gasteiger partial charge on any atom is 0.0271 e. The fraction of sp³-hybridized carbons (Fsp3) is 0. The molecule has 0 fully saturated rings. The molecule has 0 heterocycles. The largest absolute Gasteiger partial charge is 0.0532 e. The molecule has 20 heavy (non-hydrogen) atoms. The minimum absolute atomic E-state index is 1.11. The lowest BCUT2D eigenvalue weighted by molar-refractivity contribution is 1.68. The molecule has 0 saturated heterocycles. The Morgan fingerprint density at radius 1 is 0.450 bits per heavy atom. The molecule has 4 aromatic rings. The van der Waals surface area contributed by atoms with E-state index in [1.54, 1.807) is 0 Å². The van der Waals surface area contributed by atoms with Crippen molar-refractivity contribution in [3.8, 4) is 0 Å². The standard InChI is InChI=1S/C16H6Br4/c17-9-3-1-7-5-11(19)16-10(18)4-2-8-6-12(20)15(9)13(7)14(8)16/h1-6H. The molecule has 4 aromatic carbocycles. The average molecular weight is 518 g/mol. The first-order chi connectivity index (χ1) is 9.58. The van der Waals surface area contributed by atoms with E-state index < -0.39 is 0 Å². The Balaban J connectivity index is 2.50. The van der Waals surface area contributed by atoms with Crippen LogP contribution in [-0.4, -0.2) is 0 Å². The topological polar surface area (TPSA) is 0 Å². The first kappa shape index (κ1) is 13.5. The normalized spacial score (nSPS) is 12.0. The van der Waals surface area contributed by atoms with Gasteiger partial charge in [0.25, 0.3) is 0 Å². The highest BCUT2D eigenvalue weighted by Crippen LogP contribution is 2.45. The van der Waals surface area contributed by atoms with Crippen LogP contribution in [0.4, 0.5) is 0 Å². The molecule has 4 heteroatoms. The van der Waals surface area contributed by atoms with Gasteiger partial charge in [0, 0.05) is 28.7 Å². The van der Waals surface area contributed by atoms with Crippen LogP contribution < -0.4 is 0 Å². The monoisotopic (exact) mass is 514 g/mol. The Hall–Kier alpha value is -0.160. The second-order valence-corrected chi connectivity index (χ2v) is 8.18. The van der Waals surface area contributed by atoms with Crippen LogP contribution in [0.3, 0.4) is 0 Å². The summed E-state index contributed by atoms with van der Waals surface area (Å²) in [4.78, 5) is 0. The van der Waals surface area contributed by atoms with Crippen LogP contribution in [0, 0.1) is 0 Å². The van der Waals surface area contributed by atoms with Crippen molar-refractivity contribution in [2.24, 2.45) is 0 Å². The summed E-state index contributed by atoms with van der Waals surface area (Å²) in [6, 6.07) is 12.9. The number of hydrogen-bond acceptors (Lipinski definition) is 0. The van der Waals surface area contributed by atoms with Gasteiger partial charge in [-0.2, -0.15) is 0 Å². The van der Waals surface area contributed by atoms with Crippen LogP contribution in [-0.2, 0) is 0 Å². The molecule has 0 saturated carbocycles. The lowest BCUT2D eigenvalue weighted by Gasteiger charge is -2.15. The lowest BCUT2D eigenvalue weighted by atomic mass is 9.94. The second kappa shape index (κ2) is 4.67. The zero-order valence-corrected chi connectivity index (χ0v) is 16.3. The van der Waals surface area contributed by atoms with Crippen LogP contribution in [0.25, 0.3) is 32.3 Å². The fourth-order valence-electron chi connectivity index (χ4n) is 2.85. The van der Waals surface area contributed by atoms with Crippen molar-refractivity contribution in [2.75, 3.05) is 0 Å². The number of hydrogen-bond donors (Lipinski definition) is 0. The first-order valence-electron chi connectivity index (χ1n) is 5.98. The van der Waals surface area contributed by atoms with Gasteiger partial charge in [0.1, 0.15) is 0 Å². The Kier molecular flexibility index (Phi) is 3.15. The van der Waals surface area contributed by atoms with Crippen molar-refractivity contribution in [2.45, 2.75) is 0 Å². The van der Waals surface area contributed by atoms with Gasteiger partial charge >= 0.3 is 0 Å². The van der Waals surface area contributed by atoms with Crippen molar-refractivity contribution < 1.29 is 0 Å². The third-order valence-corrected chi connectivity index (χ3v) is 6.24. The Bertz CT molecular complexity index is 907. The van der Waals surface area contributed by atoms with Crippen LogP contribution in [0.2, 0.25) is 0 Å². The molecule has 98 valence electrons. The summed E-state index contributed by atoms with van der Waals surface area (Å²) in [5, 5.41) is 7.53. The van der Waals surface area contributed by atoms with E-state index in [-0.39, 0.29) is 0 Å². The van der Waals surface area contributed by atoms with E-state index >= 15 is 0 Å². The van der Waals surface area contributed by atoms with Gasteiger partial charge in [0.15, 0.2) is 0 Å². The summed E-state index contributed by atoms with van der Waals surface area (Å²) in [6.45, 7) is 0. The molecule has 0 atom stereocenters. The highest BCUT2D eigenvalue weighted by Gasteiger charge is 2.16. The van der Waals surface area contributed by atoms with E-state index in [1.165, 1.54) is 32.3 Å². The van der Waals surface area contributed by atoms with Crippen molar-refractivity contribution in [1.29, 1.82) is 0 Å². The summed E-state index contributed by atoms with van der Waals surface area (Å²) in [5.41, 5.74) is 0. The average Bonchev–Trinajstić information content (AvgIpc) is 2.41. The highest BCUT2D eigenvalue weighted by atomic mass is 79.9. The molecular weight excluding hydrogens is 512 g/mol. The maximum absolute atomic E-state index is 3.71. The smallest absolute Gasteiger partial charge is 0.0271 e. The third-order valence-electron chi connectivity index (χ3n) is 3.67. The second-order valence-electron chi connectivity index (χ2n) is 4.76. The molecule has 0 N–H and O–H groups in total. The van der Waals surface area contributed by atoms with Crippen molar-refractivity contribution in [3.63, 3.8) is 0 Å². The molecule has 0 radical (unpaired) electrons. The molecular formula is C16H6Br4. The lowest BCUT2D eigenvalue weighted by Crippen LogP contribution is -1.88. The summed E-state index contributed by atoms with van der Waals surface area (Å²) in [6.07, 6.45) is 0. The third kappa shape index (κ3) is 1.75. The zero-order chi connectivity index (χ0) is 14.0. The Labute approximate surface area is 149 Å². The summed E-state index contributed by atoms with van der Waals surface area (Å²) >= 11 is 14.8. The van der Waals surface area contributed by atoms with Crippen LogP contribution >= 0.6 is 63.7 Å².